The van der Waals surface area contributed by atoms with Crippen LogP contribution < -0.4 is 5.32 Å². The van der Waals surface area contributed by atoms with Gasteiger partial charge in [0.25, 0.3) is 0 Å². The topological polar surface area (TPSA) is 44.6 Å². The van der Waals surface area contributed by atoms with Gasteiger partial charge in [0.05, 0.1) is 5.02 Å². The Morgan fingerprint density at radius 2 is 1.50 bits per heavy atom. The van der Waals surface area contributed by atoms with E-state index >= 15 is 0 Å². The van der Waals surface area contributed by atoms with E-state index in [1.54, 1.807) is 0 Å². The van der Waals surface area contributed by atoms with Crippen LogP contribution in [0.3, 0.4) is 0 Å². The van der Waals surface area contributed by atoms with E-state index in [4.69, 9.17) is 11.6 Å². The number of hydrogen-bond donors (Lipinski definition) is 2. The zero-order chi connectivity index (χ0) is 20.9. The molecule has 0 heterocycles. The number of rotatable bonds is 5. The van der Waals surface area contributed by atoms with Gasteiger partial charge < -0.3 is 10.5 Å². The van der Waals surface area contributed by atoms with Gasteiger partial charge in [-0.2, -0.15) is 0 Å². The summed E-state index contributed by atoms with van der Waals surface area (Å²) in [4.78, 5) is 0. The lowest BCUT2D eigenvalue weighted by Crippen LogP contribution is -2.06. The number of anilines is 2. The number of hydrogen-bond acceptors (Lipinski definition) is 3. The molecule has 4 aromatic carbocycles. The van der Waals surface area contributed by atoms with Gasteiger partial charge in [-0.15, -0.1) is 0 Å². The second kappa shape index (κ2) is 8.85. The van der Waals surface area contributed by atoms with E-state index in [0.29, 0.717) is 16.3 Å². The Hall–Kier alpha value is -3.56. The summed E-state index contributed by atoms with van der Waals surface area (Å²) in [5, 5.41) is 17.2. The van der Waals surface area contributed by atoms with Crippen LogP contribution in [-0.4, -0.2) is 10.9 Å². The Labute approximate surface area is 181 Å². The SMILES string of the molecule is Cc1ccccc1C(=NO)c1ccc(Nc2ccccc2-c2ccccc2)cc1Cl. The fourth-order valence-electron chi connectivity index (χ4n) is 3.49. The van der Waals surface area contributed by atoms with E-state index in [0.717, 1.165) is 33.6 Å². The third-order valence-electron chi connectivity index (χ3n) is 5.02. The highest BCUT2D eigenvalue weighted by atomic mass is 35.5. The molecule has 4 aromatic rings. The van der Waals surface area contributed by atoms with Crippen LogP contribution in [0.25, 0.3) is 11.1 Å². The van der Waals surface area contributed by atoms with Crippen LogP contribution in [-0.2, 0) is 0 Å². The van der Waals surface area contributed by atoms with Crippen molar-refractivity contribution >= 4 is 28.7 Å². The highest BCUT2D eigenvalue weighted by Crippen LogP contribution is 2.32. The average molecular weight is 413 g/mol. The molecule has 0 amide bonds. The Morgan fingerprint density at radius 3 is 2.23 bits per heavy atom. The molecule has 0 unspecified atom stereocenters. The second-order valence-corrected chi connectivity index (χ2v) is 7.40. The largest absolute Gasteiger partial charge is 0.410 e. The van der Waals surface area contributed by atoms with Crippen molar-refractivity contribution in [3.05, 3.63) is 119 Å². The summed E-state index contributed by atoms with van der Waals surface area (Å²) >= 11 is 6.60. The van der Waals surface area contributed by atoms with Gasteiger partial charge >= 0.3 is 0 Å². The van der Waals surface area contributed by atoms with Gasteiger partial charge in [-0.25, -0.2) is 0 Å². The average Bonchev–Trinajstić information content (AvgIpc) is 2.78. The molecule has 148 valence electrons. The van der Waals surface area contributed by atoms with Crippen LogP contribution >= 0.6 is 11.6 Å². The molecule has 2 N–H and O–H groups in total. The molecule has 0 saturated carbocycles. The van der Waals surface area contributed by atoms with Crippen molar-refractivity contribution in [1.29, 1.82) is 0 Å². The molecule has 3 nitrogen and oxygen atoms in total. The van der Waals surface area contributed by atoms with Crippen LogP contribution in [0.2, 0.25) is 5.02 Å². The number of para-hydroxylation sites is 1. The quantitative estimate of drug-likeness (QED) is 0.205. The fourth-order valence-corrected chi connectivity index (χ4v) is 3.76. The molecule has 0 atom stereocenters. The number of oxime groups is 1. The number of benzene rings is 4. The number of aryl methyl sites for hydroxylation is 1. The molecule has 0 aliphatic heterocycles. The number of nitrogens with zero attached hydrogens (tertiary/aromatic N) is 1. The van der Waals surface area contributed by atoms with Gasteiger partial charge in [-0.3, -0.25) is 0 Å². The molecule has 0 radical (unpaired) electrons. The highest BCUT2D eigenvalue weighted by molar-refractivity contribution is 6.35. The van der Waals surface area contributed by atoms with Gasteiger partial charge in [0.15, 0.2) is 0 Å². The van der Waals surface area contributed by atoms with Crippen molar-refractivity contribution in [3.8, 4) is 11.1 Å². The maximum absolute atomic E-state index is 9.66. The van der Waals surface area contributed by atoms with Crippen molar-refractivity contribution in [2.45, 2.75) is 6.92 Å². The standard InChI is InChI=1S/C26H21ClN2O/c1-18-9-5-6-12-21(18)26(29-30)23-16-15-20(17-24(23)27)28-25-14-8-7-13-22(25)19-10-3-2-4-11-19/h2-17,28,30H,1H3. The lowest BCUT2D eigenvalue weighted by Gasteiger charge is -2.14. The first-order chi connectivity index (χ1) is 14.7. The predicted molar refractivity (Wildman–Crippen MR) is 125 cm³/mol. The lowest BCUT2D eigenvalue weighted by atomic mass is 9.98. The zero-order valence-corrected chi connectivity index (χ0v) is 17.3. The van der Waals surface area contributed by atoms with E-state index in [2.05, 4.69) is 28.7 Å². The van der Waals surface area contributed by atoms with Gasteiger partial charge in [-0.05, 0) is 42.3 Å². The monoisotopic (exact) mass is 412 g/mol. The van der Waals surface area contributed by atoms with Crippen LogP contribution in [0.4, 0.5) is 11.4 Å². The summed E-state index contributed by atoms with van der Waals surface area (Å²) in [6.07, 6.45) is 0. The molecule has 0 bridgehead atoms. The minimum atomic E-state index is 0.453. The Balaban J connectivity index is 1.67. The molecule has 0 aromatic heterocycles. The maximum Gasteiger partial charge on any atom is 0.118 e. The Kier molecular flexibility index (Phi) is 5.82. The first kappa shape index (κ1) is 19.7. The van der Waals surface area contributed by atoms with Crippen molar-refractivity contribution in [2.75, 3.05) is 5.32 Å². The summed E-state index contributed by atoms with van der Waals surface area (Å²) in [5.74, 6) is 0. The number of halogens is 1. The van der Waals surface area contributed by atoms with Crippen molar-refractivity contribution in [3.63, 3.8) is 0 Å². The van der Waals surface area contributed by atoms with E-state index in [-0.39, 0.29) is 0 Å². The third kappa shape index (κ3) is 4.07. The van der Waals surface area contributed by atoms with Gasteiger partial charge in [0, 0.05) is 28.1 Å². The minimum absolute atomic E-state index is 0.453. The van der Waals surface area contributed by atoms with Crippen LogP contribution in [0, 0.1) is 6.92 Å². The lowest BCUT2D eigenvalue weighted by molar-refractivity contribution is 0.319. The molecule has 0 spiro atoms. The first-order valence-electron chi connectivity index (χ1n) is 9.67. The Morgan fingerprint density at radius 1 is 0.800 bits per heavy atom. The summed E-state index contributed by atoms with van der Waals surface area (Å²) in [5.41, 5.74) is 7.08. The smallest absolute Gasteiger partial charge is 0.118 e. The summed E-state index contributed by atoms with van der Waals surface area (Å²) in [6, 6.07) is 31.8. The maximum atomic E-state index is 9.66. The Bertz CT molecular complexity index is 1200. The van der Waals surface area contributed by atoms with Crippen LogP contribution in [0.1, 0.15) is 16.7 Å². The minimum Gasteiger partial charge on any atom is -0.410 e. The van der Waals surface area contributed by atoms with E-state index < -0.39 is 0 Å². The van der Waals surface area contributed by atoms with E-state index in [1.807, 2.05) is 85.8 Å². The van der Waals surface area contributed by atoms with Crippen molar-refractivity contribution in [1.82, 2.24) is 0 Å². The van der Waals surface area contributed by atoms with Gasteiger partial charge in [0.2, 0.25) is 0 Å². The molecular formula is C26H21ClN2O. The van der Waals surface area contributed by atoms with Gasteiger partial charge in [0.1, 0.15) is 5.71 Å². The molecule has 0 saturated heterocycles. The molecule has 0 aliphatic carbocycles. The molecule has 0 fully saturated rings. The van der Waals surface area contributed by atoms with Crippen LogP contribution in [0.15, 0.2) is 102 Å². The zero-order valence-electron chi connectivity index (χ0n) is 16.5. The second-order valence-electron chi connectivity index (χ2n) is 6.99. The normalized spacial score (nSPS) is 11.3. The summed E-state index contributed by atoms with van der Waals surface area (Å²) in [6.45, 7) is 1.98. The number of nitrogens with one attached hydrogen (secondary N) is 1. The highest BCUT2D eigenvalue weighted by Gasteiger charge is 2.14. The van der Waals surface area contributed by atoms with Crippen molar-refractivity contribution in [2.24, 2.45) is 5.16 Å². The van der Waals surface area contributed by atoms with Crippen molar-refractivity contribution < 1.29 is 5.21 Å². The van der Waals surface area contributed by atoms with E-state index in [9.17, 15) is 5.21 Å². The van der Waals surface area contributed by atoms with E-state index in [1.165, 1.54) is 0 Å². The molecule has 4 heteroatoms. The molecule has 30 heavy (non-hydrogen) atoms. The third-order valence-corrected chi connectivity index (χ3v) is 5.33. The molecule has 0 aliphatic rings. The summed E-state index contributed by atoms with van der Waals surface area (Å²) in [7, 11) is 0. The van der Waals surface area contributed by atoms with Gasteiger partial charge in [-0.1, -0.05) is 89.6 Å². The molecular weight excluding hydrogens is 392 g/mol. The summed E-state index contributed by atoms with van der Waals surface area (Å²) < 4.78 is 0. The molecule has 4 rings (SSSR count). The van der Waals surface area contributed by atoms with Crippen LogP contribution in [0.5, 0.6) is 0 Å². The predicted octanol–water partition coefficient (Wildman–Crippen LogP) is 7.29. The first-order valence-corrected chi connectivity index (χ1v) is 10.0. The fraction of sp³-hybridized carbons (Fsp3) is 0.0385.